The zero-order chi connectivity index (χ0) is 10.6. The van der Waals surface area contributed by atoms with Gasteiger partial charge in [-0.1, -0.05) is 32.3 Å². The van der Waals surface area contributed by atoms with E-state index in [1.807, 2.05) is 0 Å². The van der Waals surface area contributed by atoms with Gasteiger partial charge in [0, 0.05) is 6.42 Å². The zero-order valence-corrected chi connectivity index (χ0v) is 9.81. The first-order chi connectivity index (χ1) is 7.08. The molecule has 0 heterocycles. The number of carbonyl (C=O) groups excluding carboxylic acids is 1. The van der Waals surface area contributed by atoms with Crippen LogP contribution in [0, 0.1) is 17.3 Å². The van der Waals surface area contributed by atoms with Gasteiger partial charge in [0.2, 0.25) is 0 Å². The van der Waals surface area contributed by atoms with Crippen LogP contribution in [0.1, 0.15) is 52.4 Å². The second-order valence-corrected chi connectivity index (χ2v) is 6.38. The number of Topliss-reactive ketones (excluding diaryl/α,β-unsaturated/α-hetero) is 1. The molecule has 0 aromatic carbocycles. The lowest BCUT2D eigenvalue weighted by molar-refractivity contribution is -0.120. The van der Waals surface area contributed by atoms with Crippen LogP contribution in [-0.4, -0.2) is 5.78 Å². The topological polar surface area (TPSA) is 17.1 Å². The Bertz CT molecular complexity index is 348. The van der Waals surface area contributed by atoms with E-state index in [9.17, 15) is 4.79 Å². The predicted molar refractivity (Wildman–Crippen MR) is 60.5 cm³/mol. The first-order valence-corrected chi connectivity index (χ1v) is 6.35. The van der Waals surface area contributed by atoms with Crippen molar-refractivity contribution in [1.82, 2.24) is 0 Å². The molecule has 0 bridgehead atoms. The SMILES string of the molecule is CC1(C)CC(=O)C2=C(C1)C1CCCCC21. The summed E-state index contributed by atoms with van der Waals surface area (Å²) < 4.78 is 0. The van der Waals surface area contributed by atoms with Crippen molar-refractivity contribution in [2.24, 2.45) is 17.3 Å². The number of hydrogen-bond donors (Lipinski definition) is 0. The van der Waals surface area contributed by atoms with Crippen LogP contribution in [-0.2, 0) is 4.79 Å². The van der Waals surface area contributed by atoms with Crippen LogP contribution in [0.5, 0.6) is 0 Å². The van der Waals surface area contributed by atoms with E-state index in [0.717, 1.165) is 12.3 Å². The molecule has 0 N–H and O–H groups in total. The minimum absolute atomic E-state index is 0.234. The van der Waals surface area contributed by atoms with Crippen LogP contribution in [0.25, 0.3) is 0 Å². The number of allylic oxidation sites excluding steroid dienone is 2. The van der Waals surface area contributed by atoms with E-state index in [0.29, 0.717) is 11.7 Å². The van der Waals surface area contributed by atoms with Crippen LogP contribution in [0.15, 0.2) is 11.1 Å². The maximum Gasteiger partial charge on any atom is 0.159 e. The summed E-state index contributed by atoms with van der Waals surface area (Å²) in [5.41, 5.74) is 3.07. The molecule has 0 aromatic heterocycles. The molecule has 0 aromatic rings. The standard InChI is InChI=1S/C14H20O/c1-14(2)7-11-9-5-3-4-6-10(9)13(11)12(15)8-14/h9-10H,3-8H2,1-2H3. The van der Waals surface area contributed by atoms with E-state index in [1.165, 1.54) is 37.7 Å². The molecular weight excluding hydrogens is 184 g/mol. The molecule has 82 valence electrons. The second kappa shape index (κ2) is 2.96. The highest BCUT2D eigenvalue weighted by Crippen LogP contribution is 2.56. The van der Waals surface area contributed by atoms with Crippen molar-refractivity contribution in [2.75, 3.05) is 0 Å². The summed E-state index contributed by atoms with van der Waals surface area (Å²) in [6.45, 7) is 4.48. The fourth-order valence-electron chi connectivity index (χ4n) is 3.96. The van der Waals surface area contributed by atoms with Crippen molar-refractivity contribution < 1.29 is 4.79 Å². The van der Waals surface area contributed by atoms with Gasteiger partial charge in [0.25, 0.3) is 0 Å². The Labute approximate surface area is 91.9 Å². The summed E-state index contributed by atoms with van der Waals surface area (Å²) in [5, 5.41) is 0. The van der Waals surface area contributed by atoms with Crippen LogP contribution >= 0.6 is 0 Å². The van der Waals surface area contributed by atoms with Gasteiger partial charge in [-0.25, -0.2) is 0 Å². The fraction of sp³-hybridized carbons (Fsp3) is 0.786. The molecule has 3 aliphatic carbocycles. The van der Waals surface area contributed by atoms with Crippen molar-refractivity contribution in [3.63, 3.8) is 0 Å². The van der Waals surface area contributed by atoms with Crippen LogP contribution in [0.4, 0.5) is 0 Å². The summed E-state index contributed by atoms with van der Waals surface area (Å²) in [5.74, 6) is 1.96. The van der Waals surface area contributed by atoms with Crippen LogP contribution < -0.4 is 0 Å². The van der Waals surface area contributed by atoms with Gasteiger partial charge in [-0.3, -0.25) is 4.79 Å². The molecular formula is C14H20O. The van der Waals surface area contributed by atoms with E-state index in [-0.39, 0.29) is 5.41 Å². The number of fused-ring (bicyclic) bond motifs is 3. The van der Waals surface area contributed by atoms with E-state index in [1.54, 1.807) is 5.57 Å². The molecule has 3 rings (SSSR count). The van der Waals surface area contributed by atoms with Crippen molar-refractivity contribution >= 4 is 5.78 Å². The molecule has 0 saturated heterocycles. The molecule has 0 aliphatic heterocycles. The Morgan fingerprint density at radius 1 is 1.07 bits per heavy atom. The average Bonchev–Trinajstić information content (AvgIpc) is 2.13. The summed E-state index contributed by atoms with van der Waals surface area (Å²) in [4.78, 5) is 12.1. The molecule has 1 saturated carbocycles. The predicted octanol–water partition coefficient (Wildman–Crippen LogP) is 3.49. The number of rotatable bonds is 0. The van der Waals surface area contributed by atoms with Gasteiger partial charge in [0.15, 0.2) is 5.78 Å². The average molecular weight is 204 g/mol. The van der Waals surface area contributed by atoms with Gasteiger partial charge in [0.1, 0.15) is 0 Å². The number of carbonyl (C=O) groups is 1. The Morgan fingerprint density at radius 2 is 1.73 bits per heavy atom. The molecule has 15 heavy (non-hydrogen) atoms. The summed E-state index contributed by atoms with van der Waals surface area (Å²) >= 11 is 0. The molecule has 1 fully saturated rings. The lowest BCUT2D eigenvalue weighted by Crippen LogP contribution is -2.43. The molecule has 0 amide bonds. The fourth-order valence-corrected chi connectivity index (χ4v) is 3.96. The van der Waals surface area contributed by atoms with Gasteiger partial charge in [-0.15, -0.1) is 0 Å². The van der Waals surface area contributed by atoms with Gasteiger partial charge in [-0.05, 0) is 42.1 Å². The quantitative estimate of drug-likeness (QED) is 0.590. The van der Waals surface area contributed by atoms with E-state index in [4.69, 9.17) is 0 Å². The smallest absolute Gasteiger partial charge is 0.159 e. The lowest BCUT2D eigenvalue weighted by atomic mass is 9.53. The molecule has 1 heteroatoms. The van der Waals surface area contributed by atoms with E-state index >= 15 is 0 Å². The third-order valence-corrected chi connectivity index (χ3v) is 4.54. The van der Waals surface area contributed by atoms with E-state index in [2.05, 4.69) is 13.8 Å². The Kier molecular flexibility index (Phi) is 1.90. The van der Waals surface area contributed by atoms with Gasteiger partial charge in [0.05, 0.1) is 0 Å². The Hall–Kier alpha value is -0.590. The second-order valence-electron chi connectivity index (χ2n) is 6.38. The normalized spacial score (nSPS) is 38.1. The molecule has 2 atom stereocenters. The molecule has 3 aliphatic rings. The highest BCUT2D eigenvalue weighted by atomic mass is 16.1. The van der Waals surface area contributed by atoms with Crippen molar-refractivity contribution in [1.29, 1.82) is 0 Å². The largest absolute Gasteiger partial charge is 0.295 e. The number of hydrogen-bond acceptors (Lipinski definition) is 1. The highest BCUT2D eigenvalue weighted by Gasteiger charge is 2.48. The minimum atomic E-state index is 0.234. The highest BCUT2D eigenvalue weighted by molar-refractivity contribution is 6.00. The van der Waals surface area contributed by atoms with Crippen molar-refractivity contribution in [2.45, 2.75) is 52.4 Å². The van der Waals surface area contributed by atoms with Crippen molar-refractivity contribution in [3.8, 4) is 0 Å². The third kappa shape index (κ3) is 1.32. The monoisotopic (exact) mass is 204 g/mol. The van der Waals surface area contributed by atoms with Gasteiger partial charge >= 0.3 is 0 Å². The number of ketones is 1. The maximum absolute atomic E-state index is 12.1. The van der Waals surface area contributed by atoms with Gasteiger partial charge in [-0.2, -0.15) is 0 Å². The third-order valence-electron chi connectivity index (χ3n) is 4.54. The molecule has 2 unspecified atom stereocenters. The minimum Gasteiger partial charge on any atom is -0.295 e. The zero-order valence-electron chi connectivity index (χ0n) is 9.81. The van der Waals surface area contributed by atoms with Crippen molar-refractivity contribution in [3.05, 3.63) is 11.1 Å². The first-order valence-electron chi connectivity index (χ1n) is 6.35. The van der Waals surface area contributed by atoms with Crippen LogP contribution in [0.3, 0.4) is 0 Å². The van der Waals surface area contributed by atoms with E-state index < -0.39 is 0 Å². The summed E-state index contributed by atoms with van der Waals surface area (Å²) in [6.07, 6.45) is 7.34. The Balaban J connectivity index is 1.94. The lowest BCUT2D eigenvalue weighted by Gasteiger charge is -2.50. The molecule has 0 radical (unpaired) electrons. The molecule has 0 spiro atoms. The Morgan fingerprint density at radius 3 is 2.47 bits per heavy atom. The summed E-state index contributed by atoms with van der Waals surface area (Å²) in [7, 11) is 0. The molecule has 1 nitrogen and oxygen atoms in total. The first kappa shape index (κ1) is 9.62. The maximum atomic E-state index is 12.1. The summed E-state index contributed by atoms with van der Waals surface area (Å²) in [6, 6.07) is 0. The van der Waals surface area contributed by atoms with Crippen LogP contribution in [0.2, 0.25) is 0 Å². The van der Waals surface area contributed by atoms with Gasteiger partial charge < -0.3 is 0 Å².